The summed E-state index contributed by atoms with van der Waals surface area (Å²) < 4.78 is 34.5. The molecule has 0 saturated carbocycles. The van der Waals surface area contributed by atoms with Gasteiger partial charge in [0.2, 0.25) is 10.0 Å². The van der Waals surface area contributed by atoms with E-state index >= 15 is 0 Å². The molecule has 4 aromatic rings. The minimum absolute atomic E-state index is 0.0864. The lowest BCUT2D eigenvalue weighted by molar-refractivity contribution is 0.114. The van der Waals surface area contributed by atoms with Crippen molar-refractivity contribution in [2.24, 2.45) is 0 Å². The van der Waals surface area contributed by atoms with Gasteiger partial charge in [0.05, 0.1) is 11.0 Å². The summed E-state index contributed by atoms with van der Waals surface area (Å²) >= 11 is 0. The van der Waals surface area contributed by atoms with E-state index in [1.54, 1.807) is 43.3 Å². The molecule has 0 amide bonds. The molecule has 1 fully saturated rings. The molecule has 0 bridgehead atoms. The fraction of sp³-hybridized carbons (Fsp3) is 0.231. The van der Waals surface area contributed by atoms with Gasteiger partial charge in [-0.05, 0) is 55.7 Å². The first-order valence-corrected chi connectivity index (χ1v) is 12.9. The van der Waals surface area contributed by atoms with Crippen LogP contribution in [0.5, 0.6) is 5.75 Å². The summed E-state index contributed by atoms with van der Waals surface area (Å²) in [6, 6.07) is 19.7. The highest BCUT2D eigenvalue weighted by atomic mass is 32.2. The van der Waals surface area contributed by atoms with E-state index in [1.165, 1.54) is 0 Å². The number of aromatic nitrogens is 2. The van der Waals surface area contributed by atoms with Crippen LogP contribution in [0.2, 0.25) is 0 Å². The summed E-state index contributed by atoms with van der Waals surface area (Å²) in [6.07, 6.45) is 1.72. The van der Waals surface area contributed by atoms with Crippen LogP contribution < -0.4 is 10.0 Å². The number of anilines is 2. The SMILES string of the molecule is Cc1ccc(-c2nnc(Nc3ccc(O)cc3)c3ccccc23)cc1S(=O)(=O)NC[C@@H]1CCCO1. The van der Waals surface area contributed by atoms with E-state index in [2.05, 4.69) is 20.2 Å². The molecule has 0 unspecified atom stereocenters. The van der Waals surface area contributed by atoms with Gasteiger partial charge in [0, 0.05) is 35.2 Å². The Morgan fingerprint density at radius 2 is 1.80 bits per heavy atom. The molecule has 1 aliphatic heterocycles. The predicted octanol–water partition coefficient (Wildman–Crippen LogP) is 4.51. The fourth-order valence-electron chi connectivity index (χ4n) is 4.21. The summed E-state index contributed by atoms with van der Waals surface area (Å²) in [5, 5.41) is 23.3. The lowest BCUT2D eigenvalue weighted by Crippen LogP contribution is -2.32. The number of ether oxygens (including phenoxy) is 1. The molecule has 2 heterocycles. The molecule has 5 rings (SSSR count). The highest BCUT2D eigenvalue weighted by Gasteiger charge is 2.23. The van der Waals surface area contributed by atoms with Crippen LogP contribution in [0.4, 0.5) is 11.5 Å². The summed E-state index contributed by atoms with van der Waals surface area (Å²) in [6.45, 7) is 2.70. The quantitative estimate of drug-likeness (QED) is 0.327. The Morgan fingerprint density at radius 3 is 2.54 bits per heavy atom. The number of benzene rings is 3. The monoisotopic (exact) mass is 490 g/mol. The van der Waals surface area contributed by atoms with Crippen LogP contribution in [0.15, 0.2) is 71.6 Å². The van der Waals surface area contributed by atoms with Crippen LogP contribution >= 0.6 is 0 Å². The molecule has 3 N–H and O–H groups in total. The van der Waals surface area contributed by atoms with Gasteiger partial charge in [-0.3, -0.25) is 0 Å². The average molecular weight is 491 g/mol. The Kier molecular flexibility index (Phi) is 6.38. The molecule has 0 spiro atoms. The van der Waals surface area contributed by atoms with Gasteiger partial charge in [-0.2, -0.15) is 0 Å². The zero-order chi connectivity index (χ0) is 24.4. The van der Waals surface area contributed by atoms with Gasteiger partial charge >= 0.3 is 0 Å². The minimum atomic E-state index is -3.73. The molecule has 1 aromatic heterocycles. The Morgan fingerprint density at radius 1 is 1.03 bits per heavy atom. The van der Waals surface area contributed by atoms with Crippen molar-refractivity contribution in [1.82, 2.24) is 14.9 Å². The van der Waals surface area contributed by atoms with Gasteiger partial charge < -0.3 is 15.2 Å². The standard InChI is InChI=1S/C26H26N4O4S/c1-17-8-9-18(15-24(17)35(32,33)27-16-21-5-4-14-34-21)25-22-6-2-3-7-23(22)26(30-29-25)28-19-10-12-20(31)13-11-19/h2-3,6-13,15,21,27,31H,4-5,14,16H2,1H3,(H,28,30)/t21-/m0/s1. The van der Waals surface area contributed by atoms with E-state index in [0.29, 0.717) is 29.2 Å². The first kappa shape index (κ1) is 23.2. The molecule has 1 aliphatic rings. The van der Waals surface area contributed by atoms with E-state index in [9.17, 15) is 13.5 Å². The smallest absolute Gasteiger partial charge is 0.240 e. The lowest BCUT2D eigenvalue weighted by atomic mass is 10.0. The van der Waals surface area contributed by atoms with Crippen molar-refractivity contribution >= 4 is 32.3 Å². The molecule has 9 heteroatoms. The molecule has 1 saturated heterocycles. The van der Waals surface area contributed by atoms with Gasteiger partial charge in [-0.25, -0.2) is 13.1 Å². The third-order valence-electron chi connectivity index (χ3n) is 6.09. The Hall–Kier alpha value is -3.53. The normalized spacial score (nSPS) is 16.0. The molecule has 180 valence electrons. The van der Waals surface area contributed by atoms with E-state index < -0.39 is 10.0 Å². The van der Waals surface area contributed by atoms with Crippen LogP contribution in [0.25, 0.3) is 22.0 Å². The zero-order valence-electron chi connectivity index (χ0n) is 19.2. The first-order valence-electron chi connectivity index (χ1n) is 11.4. The number of phenolic OH excluding ortho intramolecular Hbond substituents is 1. The third kappa shape index (κ3) is 4.97. The van der Waals surface area contributed by atoms with E-state index in [-0.39, 0.29) is 23.3 Å². The first-order chi connectivity index (χ1) is 16.9. The summed E-state index contributed by atoms with van der Waals surface area (Å²) in [5.41, 5.74) is 2.66. The fourth-order valence-corrected chi connectivity index (χ4v) is 5.55. The number of nitrogens with one attached hydrogen (secondary N) is 2. The number of hydrogen-bond donors (Lipinski definition) is 3. The number of sulfonamides is 1. The summed E-state index contributed by atoms with van der Waals surface area (Å²) in [4.78, 5) is 0.213. The Labute approximate surface area is 204 Å². The summed E-state index contributed by atoms with van der Waals surface area (Å²) in [7, 11) is -3.73. The van der Waals surface area contributed by atoms with Crippen LogP contribution in [-0.2, 0) is 14.8 Å². The van der Waals surface area contributed by atoms with Crippen molar-refractivity contribution < 1.29 is 18.3 Å². The maximum atomic E-state index is 13.1. The van der Waals surface area contributed by atoms with Crippen molar-refractivity contribution in [2.75, 3.05) is 18.5 Å². The molecule has 35 heavy (non-hydrogen) atoms. The van der Waals surface area contributed by atoms with Crippen molar-refractivity contribution in [3.8, 4) is 17.0 Å². The molecule has 0 radical (unpaired) electrons. The van der Waals surface area contributed by atoms with Gasteiger partial charge in [0.1, 0.15) is 11.4 Å². The molecule has 8 nitrogen and oxygen atoms in total. The van der Waals surface area contributed by atoms with E-state index in [1.807, 2.05) is 30.3 Å². The number of nitrogens with zero attached hydrogens (tertiary/aromatic N) is 2. The zero-order valence-corrected chi connectivity index (χ0v) is 20.0. The lowest BCUT2D eigenvalue weighted by Gasteiger charge is -2.15. The van der Waals surface area contributed by atoms with Crippen LogP contribution in [0.1, 0.15) is 18.4 Å². The predicted molar refractivity (Wildman–Crippen MR) is 135 cm³/mol. The number of fused-ring (bicyclic) bond motifs is 1. The Bertz CT molecular complexity index is 1470. The van der Waals surface area contributed by atoms with Gasteiger partial charge in [0.25, 0.3) is 0 Å². The average Bonchev–Trinajstić information content (AvgIpc) is 3.39. The van der Waals surface area contributed by atoms with Crippen LogP contribution in [0, 0.1) is 6.92 Å². The maximum absolute atomic E-state index is 13.1. The second-order valence-electron chi connectivity index (χ2n) is 8.58. The third-order valence-corrected chi connectivity index (χ3v) is 7.66. The largest absolute Gasteiger partial charge is 0.508 e. The van der Waals surface area contributed by atoms with Gasteiger partial charge in [-0.15, -0.1) is 10.2 Å². The molecular formula is C26H26N4O4S. The number of rotatable bonds is 7. The molecule has 0 aliphatic carbocycles. The van der Waals surface area contributed by atoms with Crippen LogP contribution in [-0.4, -0.2) is 43.0 Å². The second-order valence-corrected chi connectivity index (χ2v) is 10.3. The van der Waals surface area contributed by atoms with Crippen LogP contribution in [0.3, 0.4) is 0 Å². The summed E-state index contributed by atoms with van der Waals surface area (Å²) in [5.74, 6) is 0.741. The van der Waals surface area contributed by atoms with Crippen molar-refractivity contribution in [3.05, 3.63) is 72.3 Å². The highest BCUT2D eigenvalue weighted by molar-refractivity contribution is 7.89. The minimum Gasteiger partial charge on any atom is -0.508 e. The van der Waals surface area contributed by atoms with E-state index in [4.69, 9.17) is 4.74 Å². The number of aromatic hydroxyl groups is 1. The van der Waals surface area contributed by atoms with Gasteiger partial charge in [-0.1, -0.05) is 36.4 Å². The highest BCUT2D eigenvalue weighted by Crippen LogP contribution is 2.33. The molecule has 1 atom stereocenters. The topological polar surface area (TPSA) is 113 Å². The maximum Gasteiger partial charge on any atom is 0.240 e. The number of aryl methyl sites for hydroxylation is 1. The van der Waals surface area contributed by atoms with Crippen molar-refractivity contribution in [2.45, 2.75) is 30.8 Å². The van der Waals surface area contributed by atoms with Crippen molar-refractivity contribution in [3.63, 3.8) is 0 Å². The second kappa shape index (κ2) is 9.61. The molecule has 3 aromatic carbocycles. The van der Waals surface area contributed by atoms with Crippen molar-refractivity contribution in [1.29, 1.82) is 0 Å². The Balaban J connectivity index is 1.50. The number of phenols is 1. The van der Waals surface area contributed by atoms with Gasteiger partial charge in [0.15, 0.2) is 5.82 Å². The number of hydrogen-bond acceptors (Lipinski definition) is 7. The molecular weight excluding hydrogens is 464 g/mol. The van der Waals surface area contributed by atoms with E-state index in [0.717, 1.165) is 29.3 Å².